The molecule has 1 aliphatic heterocycles. The van der Waals surface area contributed by atoms with Crippen LogP contribution in [0, 0.1) is 5.82 Å². The Morgan fingerprint density at radius 2 is 1.88 bits per heavy atom. The van der Waals surface area contributed by atoms with Gasteiger partial charge in [-0.2, -0.15) is 0 Å². The molecular weight excluding hydrogens is 321 g/mol. The minimum atomic E-state index is -0.171. The fraction of sp³-hybridized carbons (Fsp3) is 0.316. The molecule has 3 nitrogen and oxygen atoms in total. The van der Waals surface area contributed by atoms with Crippen molar-refractivity contribution >= 4 is 22.8 Å². The summed E-state index contributed by atoms with van der Waals surface area (Å²) in [4.78, 5) is 8.38. The van der Waals surface area contributed by atoms with Crippen LogP contribution in [0.25, 0.3) is 11.0 Å². The fourth-order valence-corrected chi connectivity index (χ4v) is 4.05. The Morgan fingerprint density at radius 3 is 2.75 bits per heavy atom. The number of aromatic nitrogens is 2. The number of nitrogens with zero attached hydrogens (tertiary/aromatic N) is 3. The third-order valence-corrected chi connectivity index (χ3v) is 5.54. The van der Waals surface area contributed by atoms with E-state index in [4.69, 9.17) is 4.98 Å². The monoisotopic (exact) mass is 341 g/mol. The smallest absolute Gasteiger partial charge is 0.124 e. The number of imidazole rings is 1. The number of para-hydroxylation sites is 2. The number of halogens is 1. The summed E-state index contributed by atoms with van der Waals surface area (Å²) in [7, 11) is 0. The summed E-state index contributed by atoms with van der Waals surface area (Å²) in [5, 5.41) is 0. The van der Waals surface area contributed by atoms with Gasteiger partial charge in [0.1, 0.15) is 11.6 Å². The van der Waals surface area contributed by atoms with Gasteiger partial charge in [-0.05, 0) is 55.1 Å². The molecule has 0 spiro atoms. The number of benzene rings is 2. The summed E-state index contributed by atoms with van der Waals surface area (Å²) < 4.78 is 15.2. The lowest BCUT2D eigenvalue weighted by Crippen LogP contribution is -2.34. The number of thioether (sulfide) groups is 1. The Bertz CT molecular complexity index is 828. The van der Waals surface area contributed by atoms with Crippen LogP contribution in [0.3, 0.4) is 0 Å². The van der Waals surface area contributed by atoms with Gasteiger partial charge in [0.25, 0.3) is 0 Å². The molecule has 4 rings (SSSR count). The van der Waals surface area contributed by atoms with Crippen molar-refractivity contribution in [1.29, 1.82) is 0 Å². The zero-order valence-corrected chi connectivity index (χ0v) is 14.3. The van der Waals surface area contributed by atoms with Crippen molar-refractivity contribution in [3.63, 3.8) is 0 Å². The molecule has 124 valence electrons. The first-order valence-corrected chi connectivity index (χ1v) is 9.33. The molecule has 2 heterocycles. The molecule has 0 atom stereocenters. The van der Waals surface area contributed by atoms with E-state index in [0.717, 1.165) is 48.8 Å². The number of rotatable bonds is 5. The van der Waals surface area contributed by atoms with Crippen molar-refractivity contribution < 1.29 is 4.39 Å². The second-order valence-corrected chi connectivity index (χ2v) is 7.27. The summed E-state index contributed by atoms with van der Waals surface area (Å²) in [5.74, 6) is 2.06. The van der Waals surface area contributed by atoms with Crippen LogP contribution in [-0.4, -0.2) is 33.3 Å². The Balaban J connectivity index is 1.30. The van der Waals surface area contributed by atoms with Crippen LogP contribution in [-0.2, 0) is 13.1 Å². The lowest BCUT2D eigenvalue weighted by atomic mass is 10.3. The summed E-state index contributed by atoms with van der Waals surface area (Å²) >= 11 is 1.79. The molecule has 1 aromatic heterocycles. The predicted octanol–water partition coefficient (Wildman–Crippen LogP) is 4.17. The van der Waals surface area contributed by atoms with Crippen LogP contribution in [0.4, 0.5) is 4.39 Å². The molecule has 1 aliphatic rings. The van der Waals surface area contributed by atoms with E-state index in [9.17, 15) is 4.39 Å². The molecule has 0 unspecified atom stereocenters. The van der Waals surface area contributed by atoms with Gasteiger partial charge in [0, 0.05) is 18.0 Å². The topological polar surface area (TPSA) is 21.1 Å². The predicted molar refractivity (Wildman–Crippen MR) is 96.8 cm³/mol. The summed E-state index contributed by atoms with van der Waals surface area (Å²) in [6.45, 7) is 4.10. The molecule has 0 amide bonds. The molecule has 3 aromatic rings. The highest BCUT2D eigenvalue weighted by molar-refractivity contribution is 7.99. The SMILES string of the molecule is Fc1ccc(SCCCN2CCn3c(nc4ccccc43)C2)cc1. The van der Waals surface area contributed by atoms with Gasteiger partial charge in [0.2, 0.25) is 0 Å². The normalized spacial score (nSPS) is 14.9. The van der Waals surface area contributed by atoms with E-state index in [1.807, 2.05) is 18.2 Å². The molecule has 5 heteroatoms. The molecule has 2 aromatic carbocycles. The molecule has 0 aliphatic carbocycles. The lowest BCUT2D eigenvalue weighted by Gasteiger charge is -2.27. The molecule has 0 radical (unpaired) electrons. The molecular formula is C19H20FN3S. The van der Waals surface area contributed by atoms with E-state index in [-0.39, 0.29) is 5.82 Å². The van der Waals surface area contributed by atoms with Crippen molar-refractivity contribution in [3.05, 3.63) is 60.2 Å². The molecule has 0 bridgehead atoms. The van der Waals surface area contributed by atoms with Crippen molar-refractivity contribution in [2.24, 2.45) is 0 Å². The van der Waals surface area contributed by atoms with Crippen molar-refractivity contribution in [2.45, 2.75) is 24.4 Å². The fourth-order valence-electron chi connectivity index (χ4n) is 3.22. The van der Waals surface area contributed by atoms with Crippen LogP contribution >= 0.6 is 11.8 Å². The van der Waals surface area contributed by atoms with E-state index in [0.29, 0.717) is 0 Å². The summed E-state index contributed by atoms with van der Waals surface area (Å²) in [6, 6.07) is 15.1. The maximum atomic E-state index is 12.9. The van der Waals surface area contributed by atoms with E-state index in [2.05, 4.69) is 27.7 Å². The van der Waals surface area contributed by atoms with E-state index < -0.39 is 0 Å². The number of hydrogen-bond donors (Lipinski definition) is 0. The highest BCUT2D eigenvalue weighted by atomic mass is 32.2. The zero-order chi connectivity index (χ0) is 16.4. The second-order valence-electron chi connectivity index (χ2n) is 6.10. The molecule has 0 saturated carbocycles. The van der Waals surface area contributed by atoms with Crippen molar-refractivity contribution in [1.82, 2.24) is 14.5 Å². The molecule has 0 saturated heterocycles. The van der Waals surface area contributed by atoms with Crippen LogP contribution in [0.2, 0.25) is 0 Å². The van der Waals surface area contributed by atoms with Crippen molar-refractivity contribution in [3.8, 4) is 0 Å². The molecule has 24 heavy (non-hydrogen) atoms. The van der Waals surface area contributed by atoms with E-state index >= 15 is 0 Å². The Labute approximate surface area is 145 Å². The van der Waals surface area contributed by atoms with Gasteiger partial charge >= 0.3 is 0 Å². The summed E-state index contributed by atoms with van der Waals surface area (Å²) in [5.41, 5.74) is 2.35. The van der Waals surface area contributed by atoms with Crippen LogP contribution in [0.15, 0.2) is 53.4 Å². The first-order valence-electron chi connectivity index (χ1n) is 8.34. The van der Waals surface area contributed by atoms with E-state index in [1.54, 1.807) is 11.8 Å². The minimum Gasteiger partial charge on any atom is -0.326 e. The third kappa shape index (κ3) is 3.32. The lowest BCUT2D eigenvalue weighted by molar-refractivity contribution is 0.220. The summed E-state index contributed by atoms with van der Waals surface area (Å²) in [6.07, 6.45) is 1.13. The van der Waals surface area contributed by atoms with Gasteiger partial charge in [-0.3, -0.25) is 4.90 Å². The Hall–Kier alpha value is -1.85. The molecule has 0 N–H and O–H groups in total. The molecule has 0 fully saturated rings. The van der Waals surface area contributed by atoms with Gasteiger partial charge in [0.05, 0.1) is 17.6 Å². The van der Waals surface area contributed by atoms with Gasteiger partial charge < -0.3 is 4.57 Å². The van der Waals surface area contributed by atoms with Gasteiger partial charge in [-0.25, -0.2) is 9.37 Å². The van der Waals surface area contributed by atoms with Crippen LogP contribution in [0.5, 0.6) is 0 Å². The zero-order valence-electron chi connectivity index (χ0n) is 13.5. The van der Waals surface area contributed by atoms with Gasteiger partial charge in [-0.15, -0.1) is 11.8 Å². The maximum Gasteiger partial charge on any atom is 0.124 e. The Kier molecular flexibility index (Phi) is 4.54. The average molecular weight is 341 g/mol. The number of fused-ring (bicyclic) bond motifs is 3. The van der Waals surface area contributed by atoms with Crippen molar-refractivity contribution in [2.75, 3.05) is 18.8 Å². The first-order chi connectivity index (χ1) is 11.8. The van der Waals surface area contributed by atoms with Crippen LogP contribution < -0.4 is 0 Å². The first kappa shape index (κ1) is 15.7. The maximum absolute atomic E-state index is 12.9. The highest BCUT2D eigenvalue weighted by Crippen LogP contribution is 2.22. The largest absolute Gasteiger partial charge is 0.326 e. The standard InChI is InChI=1S/C19H20FN3S/c20-15-6-8-16(9-7-15)24-13-3-10-22-11-12-23-18-5-2-1-4-17(18)21-19(23)14-22/h1-2,4-9H,3,10-14H2. The second kappa shape index (κ2) is 6.95. The average Bonchev–Trinajstić information content (AvgIpc) is 2.98. The Morgan fingerprint density at radius 1 is 1.04 bits per heavy atom. The minimum absolute atomic E-state index is 0.171. The van der Waals surface area contributed by atoms with E-state index in [1.165, 1.54) is 23.5 Å². The van der Waals surface area contributed by atoms with Gasteiger partial charge in [-0.1, -0.05) is 12.1 Å². The van der Waals surface area contributed by atoms with Crippen LogP contribution in [0.1, 0.15) is 12.2 Å². The number of hydrogen-bond acceptors (Lipinski definition) is 3. The van der Waals surface area contributed by atoms with Gasteiger partial charge in [0.15, 0.2) is 0 Å². The third-order valence-electron chi connectivity index (χ3n) is 4.44. The quantitative estimate of drug-likeness (QED) is 0.513. The highest BCUT2D eigenvalue weighted by Gasteiger charge is 2.19.